The van der Waals surface area contributed by atoms with Gasteiger partial charge in [0.15, 0.2) is 6.10 Å². The van der Waals surface area contributed by atoms with Crippen LogP contribution in [0, 0.1) is 0 Å². The van der Waals surface area contributed by atoms with E-state index in [1.807, 2.05) is 12.1 Å². The minimum absolute atomic E-state index is 0.0177. The van der Waals surface area contributed by atoms with E-state index in [4.69, 9.17) is 4.74 Å². The quantitative estimate of drug-likeness (QED) is 0.152. The Kier molecular flexibility index (Phi) is 9.85. The molecular formula is C30H30F3NO5S2. The molecule has 1 atom stereocenters. The lowest BCUT2D eigenvalue weighted by Crippen LogP contribution is -2.37. The number of hydrogen-bond acceptors (Lipinski definition) is 5. The Balaban J connectivity index is 1.37. The van der Waals surface area contributed by atoms with Gasteiger partial charge >= 0.3 is 6.18 Å². The van der Waals surface area contributed by atoms with E-state index >= 15 is 0 Å². The smallest absolute Gasteiger partial charge is 0.364 e. The molecule has 1 unspecified atom stereocenters. The third-order valence-electron chi connectivity index (χ3n) is 6.51. The molecule has 0 N–H and O–H groups in total. The molecular weight excluding hydrogens is 575 g/mol. The van der Waals surface area contributed by atoms with Gasteiger partial charge in [-0.1, -0.05) is 89.3 Å². The average molecular weight is 606 g/mol. The number of hydrogen-bond donors (Lipinski definition) is 0. The molecule has 4 rings (SSSR count). The Morgan fingerprint density at radius 1 is 0.634 bits per heavy atom. The van der Waals surface area contributed by atoms with E-state index in [1.54, 1.807) is 30.3 Å². The topological polar surface area (TPSA) is 80.8 Å². The van der Waals surface area contributed by atoms with Gasteiger partial charge in [0.1, 0.15) is 0 Å². The van der Waals surface area contributed by atoms with E-state index in [0.717, 1.165) is 5.39 Å². The number of benzene rings is 4. The first kappa shape index (κ1) is 30.7. The Bertz CT molecular complexity index is 1580. The zero-order valence-electron chi connectivity index (χ0n) is 22.1. The molecule has 0 saturated heterocycles. The monoisotopic (exact) mass is 605 g/mol. The van der Waals surface area contributed by atoms with Gasteiger partial charge in [0, 0.05) is 13.2 Å². The predicted molar refractivity (Wildman–Crippen MR) is 151 cm³/mol. The second kappa shape index (κ2) is 13.2. The summed E-state index contributed by atoms with van der Waals surface area (Å²) in [6, 6.07) is 26.2. The largest absolute Gasteiger partial charge is 0.418 e. The van der Waals surface area contributed by atoms with Gasteiger partial charge in [0.05, 0.1) is 9.79 Å². The Morgan fingerprint density at radius 2 is 1.15 bits per heavy atom. The molecule has 0 amide bonds. The highest BCUT2D eigenvalue weighted by Crippen LogP contribution is 2.37. The summed E-state index contributed by atoms with van der Waals surface area (Å²) in [5, 5.41) is 1.51. The van der Waals surface area contributed by atoms with Crippen LogP contribution in [0.2, 0.25) is 0 Å². The first-order valence-electron chi connectivity index (χ1n) is 13.1. The van der Waals surface area contributed by atoms with Gasteiger partial charge in [-0.05, 0) is 59.5 Å². The van der Waals surface area contributed by atoms with Gasteiger partial charge in [-0.25, -0.2) is 16.8 Å². The van der Waals surface area contributed by atoms with Crippen molar-refractivity contribution in [2.45, 2.75) is 47.8 Å². The van der Waals surface area contributed by atoms with Crippen molar-refractivity contribution >= 4 is 30.8 Å². The van der Waals surface area contributed by atoms with Crippen molar-refractivity contribution in [1.82, 2.24) is 3.71 Å². The van der Waals surface area contributed by atoms with E-state index < -0.39 is 32.3 Å². The van der Waals surface area contributed by atoms with Crippen LogP contribution in [0.1, 0.15) is 37.4 Å². The molecule has 11 heteroatoms. The van der Waals surface area contributed by atoms with E-state index in [2.05, 4.69) is 0 Å². The maximum atomic E-state index is 13.8. The van der Waals surface area contributed by atoms with Crippen molar-refractivity contribution in [2.75, 3.05) is 13.2 Å². The van der Waals surface area contributed by atoms with Crippen LogP contribution in [0.5, 0.6) is 0 Å². The van der Waals surface area contributed by atoms with Gasteiger partial charge < -0.3 is 4.74 Å². The number of sulfonamides is 2. The molecule has 0 aromatic heterocycles. The van der Waals surface area contributed by atoms with Crippen molar-refractivity contribution in [3.8, 4) is 0 Å². The number of ether oxygens (including phenoxy) is 1. The summed E-state index contributed by atoms with van der Waals surface area (Å²) in [5.41, 5.74) is 0.0177. The summed E-state index contributed by atoms with van der Waals surface area (Å²) in [6.07, 6.45) is -5.38. The zero-order valence-corrected chi connectivity index (χ0v) is 23.7. The number of nitrogens with zero attached hydrogens (tertiary/aromatic N) is 1. The summed E-state index contributed by atoms with van der Waals surface area (Å²) in [7, 11) is -8.77. The van der Waals surface area contributed by atoms with Crippen LogP contribution in [0.15, 0.2) is 113 Å². The molecule has 0 saturated carbocycles. The average Bonchev–Trinajstić information content (AvgIpc) is 2.96. The zero-order chi connectivity index (χ0) is 29.5. The third kappa shape index (κ3) is 7.53. The van der Waals surface area contributed by atoms with Gasteiger partial charge in [-0.15, -0.1) is 0 Å². The second-order valence-corrected chi connectivity index (χ2v) is 13.4. The molecule has 218 valence electrons. The molecule has 0 bridgehead atoms. The van der Waals surface area contributed by atoms with Gasteiger partial charge in [0.2, 0.25) is 0 Å². The molecule has 0 aliphatic heterocycles. The molecule has 0 radical (unpaired) electrons. The standard InChI is InChI=1S/C30H30F3NO5S2/c31-30(32,33)29(26-20-19-24-13-9-10-14-25(24)23-26)39-22-12-2-1-11-21-34(40(35,36)27-15-5-3-6-16-27)41(37,38)28-17-7-4-8-18-28/h3-10,13-20,23,29H,1-2,11-12,21-22H2. The van der Waals surface area contributed by atoms with E-state index in [-0.39, 0.29) is 41.3 Å². The molecule has 0 spiro atoms. The first-order chi connectivity index (χ1) is 19.5. The van der Waals surface area contributed by atoms with Crippen LogP contribution >= 0.6 is 0 Å². The fourth-order valence-electron chi connectivity index (χ4n) is 4.44. The Labute approximate surface area is 238 Å². The molecule has 4 aromatic carbocycles. The SMILES string of the molecule is O=S(=O)(c1ccccc1)N(CCCCCCOC(c1ccc2ccccc2c1)C(F)(F)F)S(=O)(=O)c1ccccc1. The van der Waals surface area contributed by atoms with E-state index in [9.17, 15) is 30.0 Å². The van der Waals surface area contributed by atoms with Crippen LogP contribution in [-0.2, 0) is 24.8 Å². The van der Waals surface area contributed by atoms with Crippen LogP contribution < -0.4 is 0 Å². The van der Waals surface area contributed by atoms with Crippen molar-refractivity contribution in [1.29, 1.82) is 0 Å². The van der Waals surface area contributed by atoms with Gasteiger partial charge in [-0.2, -0.15) is 13.2 Å². The third-order valence-corrected chi connectivity index (χ3v) is 10.9. The normalized spacial score (nSPS) is 13.5. The van der Waals surface area contributed by atoms with Crippen molar-refractivity contribution in [3.63, 3.8) is 0 Å². The summed E-state index contributed by atoms with van der Waals surface area (Å²) in [6.45, 7) is -0.469. The highest BCUT2D eigenvalue weighted by molar-refractivity contribution is 8.04. The van der Waals surface area contributed by atoms with E-state index in [1.165, 1.54) is 60.7 Å². The highest BCUT2D eigenvalue weighted by Gasteiger charge is 2.42. The Morgan fingerprint density at radius 3 is 1.71 bits per heavy atom. The van der Waals surface area contributed by atoms with Crippen molar-refractivity contribution < 1.29 is 34.7 Å². The number of halogens is 3. The summed E-state index contributed by atoms with van der Waals surface area (Å²) < 4.78 is 100. The lowest BCUT2D eigenvalue weighted by Gasteiger charge is -2.22. The number of fused-ring (bicyclic) bond motifs is 1. The summed E-state index contributed by atoms with van der Waals surface area (Å²) in [5.74, 6) is 0. The minimum Gasteiger partial charge on any atom is -0.364 e. The lowest BCUT2D eigenvalue weighted by atomic mass is 10.0. The van der Waals surface area contributed by atoms with Crippen LogP contribution in [-0.4, -0.2) is 39.9 Å². The Hall–Kier alpha value is -3.25. The fraction of sp³-hybridized carbons (Fsp3) is 0.267. The molecule has 0 aliphatic rings. The number of rotatable bonds is 13. The molecule has 0 heterocycles. The van der Waals surface area contributed by atoms with Crippen molar-refractivity contribution in [3.05, 3.63) is 109 Å². The minimum atomic E-state index is -4.60. The van der Waals surface area contributed by atoms with Crippen molar-refractivity contribution in [2.24, 2.45) is 0 Å². The van der Waals surface area contributed by atoms with Crippen LogP contribution in [0.4, 0.5) is 13.2 Å². The highest BCUT2D eigenvalue weighted by atomic mass is 32.3. The molecule has 41 heavy (non-hydrogen) atoms. The predicted octanol–water partition coefficient (Wildman–Crippen LogP) is 7.10. The molecule has 4 aromatic rings. The van der Waals surface area contributed by atoms with Crippen LogP contribution in [0.3, 0.4) is 0 Å². The molecule has 6 nitrogen and oxygen atoms in total. The summed E-state index contributed by atoms with van der Waals surface area (Å²) >= 11 is 0. The van der Waals surface area contributed by atoms with E-state index in [0.29, 0.717) is 21.9 Å². The molecule has 0 fully saturated rings. The fourth-order valence-corrected chi connectivity index (χ4v) is 8.20. The molecule has 0 aliphatic carbocycles. The van der Waals surface area contributed by atoms with Gasteiger partial charge in [0.25, 0.3) is 20.0 Å². The van der Waals surface area contributed by atoms with Crippen LogP contribution in [0.25, 0.3) is 10.8 Å². The first-order valence-corrected chi connectivity index (χ1v) is 15.9. The summed E-state index contributed by atoms with van der Waals surface area (Å²) in [4.78, 5) is -0.306. The number of alkyl halides is 3. The number of unbranched alkanes of at least 4 members (excludes halogenated alkanes) is 3. The van der Waals surface area contributed by atoms with Gasteiger partial charge in [-0.3, -0.25) is 0 Å². The second-order valence-electron chi connectivity index (χ2n) is 9.45. The lowest BCUT2D eigenvalue weighted by molar-refractivity contribution is -0.224. The maximum absolute atomic E-state index is 13.8. The maximum Gasteiger partial charge on any atom is 0.418 e.